The van der Waals surface area contributed by atoms with Crippen molar-refractivity contribution >= 4 is 27.0 Å². The first-order valence-electron chi connectivity index (χ1n) is 6.83. The van der Waals surface area contributed by atoms with Crippen molar-refractivity contribution in [2.45, 2.75) is 30.4 Å². The molecule has 0 unspecified atom stereocenters. The van der Waals surface area contributed by atoms with Gasteiger partial charge in [-0.05, 0) is 37.5 Å². The highest BCUT2D eigenvalue weighted by atomic mass is 32.2. The van der Waals surface area contributed by atoms with E-state index in [0.29, 0.717) is 18.2 Å². The summed E-state index contributed by atoms with van der Waals surface area (Å²) in [5, 5.41) is 9.17. The van der Waals surface area contributed by atoms with E-state index in [4.69, 9.17) is 4.42 Å². The number of nitrogens with zero attached hydrogens (tertiary/aromatic N) is 1. The lowest BCUT2D eigenvalue weighted by Gasteiger charge is -2.30. The van der Waals surface area contributed by atoms with Gasteiger partial charge in [-0.2, -0.15) is 4.31 Å². The first-order chi connectivity index (χ1) is 10.4. The van der Waals surface area contributed by atoms with Crippen LogP contribution < -0.4 is 0 Å². The second-order valence-corrected chi connectivity index (χ2v) is 7.03. The molecule has 1 fully saturated rings. The van der Waals surface area contributed by atoms with Crippen LogP contribution in [0.3, 0.4) is 0 Å². The van der Waals surface area contributed by atoms with Gasteiger partial charge >= 0.3 is 5.97 Å². The standard InChI is InChI=1S/C14H14FNO5S/c15-10-4-5-12-9(7-10)8-13(21-12)22(19,20)16-6-2-1-3-11(16)14(17)18/h4-5,7-8,11H,1-3,6H2,(H,17,18)/t11-/m0/s1. The van der Waals surface area contributed by atoms with Gasteiger partial charge in [-0.15, -0.1) is 0 Å². The molecule has 2 heterocycles. The third kappa shape index (κ3) is 2.48. The van der Waals surface area contributed by atoms with E-state index in [1.165, 1.54) is 24.3 Å². The zero-order valence-corrected chi connectivity index (χ0v) is 12.3. The summed E-state index contributed by atoms with van der Waals surface area (Å²) < 4.78 is 44.7. The van der Waals surface area contributed by atoms with Crippen molar-refractivity contribution in [2.24, 2.45) is 0 Å². The van der Waals surface area contributed by atoms with E-state index < -0.39 is 27.9 Å². The molecule has 118 valence electrons. The number of carboxylic acids is 1. The minimum absolute atomic E-state index is 0.130. The SMILES string of the molecule is O=C(O)[C@@H]1CCCCN1S(=O)(=O)c1cc2cc(F)ccc2o1. The van der Waals surface area contributed by atoms with Gasteiger partial charge in [0.15, 0.2) is 0 Å². The van der Waals surface area contributed by atoms with Gasteiger partial charge in [0.05, 0.1) is 0 Å². The van der Waals surface area contributed by atoms with E-state index in [0.717, 1.165) is 4.31 Å². The summed E-state index contributed by atoms with van der Waals surface area (Å²) in [5.41, 5.74) is 0.240. The summed E-state index contributed by atoms with van der Waals surface area (Å²) in [6.07, 6.45) is 1.52. The molecule has 22 heavy (non-hydrogen) atoms. The molecule has 1 aromatic carbocycles. The fourth-order valence-electron chi connectivity index (χ4n) is 2.67. The fourth-order valence-corrected chi connectivity index (χ4v) is 4.27. The molecule has 8 heteroatoms. The van der Waals surface area contributed by atoms with Crippen LogP contribution in [0.4, 0.5) is 4.39 Å². The van der Waals surface area contributed by atoms with Crippen molar-refractivity contribution in [3.63, 3.8) is 0 Å². The second kappa shape index (κ2) is 5.36. The minimum atomic E-state index is -4.07. The largest absolute Gasteiger partial charge is 0.480 e. The molecule has 1 saturated heterocycles. The van der Waals surface area contributed by atoms with E-state index in [1.54, 1.807) is 0 Å². The highest BCUT2D eigenvalue weighted by Gasteiger charge is 2.39. The lowest BCUT2D eigenvalue weighted by molar-refractivity contribution is -0.142. The number of carbonyl (C=O) groups is 1. The molecule has 0 bridgehead atoms. The molecule has 0 aliphatic carbocycles. The predicted octanol–water partition coefficient (Wildman–Crippen LogP) is 2.20. The van der Waals surface area contributed by atoms with Crippen LogP contribution in [0.25, 0.3) is 11.0 Å². The predicted molar refractivity (Wildman–Crippen MR) is 75.3 cm³/mol. The Bertz CT molecular complexity index is 829. The molecule has 0 amide bonds. The summed E-state index contributed by atoms with van der Waals surface area (Å²) in [6.45, 7) is 0.130. The molecule has 1 aliphatic heterocycles. The molecule has 1 N–H and O–H groups in total. The van der Waals surface area contributed by atoms with Gasteiger partial charge in [-0.3, -0.25) is 4.79 Å². The number of hydrogen-bond donors (Lipinski definition) is 1. The molecule has 1 aromatic heterocycles. The molecule has 0 saturated carbocycles. The van der Waals surface area contributed by atoms with Crippen LogP contribution >= 0.6 is 0 Å². The van der Waals surface area contributed by atoms with Crippen molar-refractivity contribution in [3.05, 3.63) is 30.1 Å². The molecule has 0 spiro atoms. The van der Waals surface area contributed by atoms with Crippen LogP contribution in [0.5, 0.6) is 0 Å². The number of furan rings is 1. The van der Waals surface area contributed by atoms with Crippen molar-refractivity contribution in [3.8, 4) is 0 Å². The minimum Gasteiger partial charge on any atom is -0.480 e. The van der Waals surface area contributed by atoms with Gasteiger partial charge in [0, 0.05) is 18.0 Å². The highest BCUT2D eigenvalue weighted by Crippen LogP contribution is 2.29. The van der Waals surface area contributed by atoms with E-state index >= 15 is 0 Å². The first kappa shape index (κ1) is 15.0. The fraction of sp³-hybridized carbons (Fsp3) is 0.357. The molecular weight excluding hydrogens is 313 g/mol. The summed E-state index contributed by atoms with van der Waals surface area (Å²) in [7, 11) is -4.07. The Balaban J connectivity index is 2.04. The average Bonchev–Trinajstić information content (AvgIpc) is 2.91. The summed E-state index contributed by atoms with van der Waals surface area (Å²) in [5.74, 6) is -1.68. The number of halogens is 1. The van der Waals surface area contributed by atoms with Crippen molar-refractivity contribution in [2.75, 3.05) is 6.54 Å². The van der Waals surface area contributed by atoms with E-state index in [2.05, 4.69) is 0 Å². The van der Waals surface area contributed by atoms with Gasteiger partial charge in [0.25, 0.3) is 10.0 Å². The maximum Gasteiger partial charge on any atom is 0.322 e. The van der Waals surface area contributed by atoms with Crippen LogP contribution in [-0.4, -0.2) is 36.4 Å². The van der Waals surface area contributed by atoms with Crippen molar-refractivity contribution in [1.82, 2.24) is 4.31 Å². The average molecular weight is 327 g/mol. The number of rotatable bonds is 3. The molecule has 2 aromatic rings. The van der Waals surface area contributed by atoms with Crippen LogP contribution in [0.1, 0.15) is 19.3 Å². The molecule has 1 atom stereocenters. The lowest BCUT2D eigenvalue weighted by atomic mass is 10.1. The Morgan fingerprint density at radius 2 is 2.09 bits per heavy atom. The van der Waals surface area contributed by atoms with Gasteiger partial charge in [0.2, 0.25) is 5.09 Å². The Morgan fingerprint density at radius 1 is 1.32 bits per heavy atom. The molecule has 6 nitrogen and oxygen atoms in total. The Morgan fingerprint density at radius 3 is 2.82 bits per heavy atom. The molecular formula is C14H14FNO5S. The molecule has 3 rings (SSSR count). The van der Waals surface area contributed by atoms with Crippen LogP contribution in [0.15, 0.2) is 33.8 Å². The zero-order valence-electron chi connectivity index (χ0n) is 11.5. The molecule has 1 aliphatic rings. The summed E-state index contributed by atoms with van der Waals surface area (Å²) >= 11 is 0. The highest BCUT2D eigenvalue weighted by molar-refractivity contribution is 7.89. The first-order valence-corrected chi connectivity index (χ1v) is 8.27. The topological polar surface area (TPSA) is 87.8 Å². The number of benzene rings is 1. The van der Waals surface area contributed by atoms with Crippen LogP contribution in [0, 0.1) is 5.82 Å². The maximum atomic E-state index is 13.2. The van der Waals surface area contributed by atoms with Gasteiger partial charge in [-0.25, -0.2) is 12.8 Å². The zero-order chi connectivity index (χ0) is 15.9. The Labute approximate surface area is 126 Å². The smallest absolute Gasteiger partial charge is 0.322 e. The Kier molecular flexibility index (Phi) is 3.65. The van der Waals surface area contributed by atoms with E-state index in [-0.39, 0.29) is 23.6 Å². The number of carboxylic acid groups (broad SMARTS) is 1. The summed E-state index contributed by atoms with van der Waals surface area (Å²) in [4.78, 5) is 11.3. The van der Waals surface area contributed by atoms with E-state index in [1.807, 2.05) is 0 Å². The monoisotopic (exact) mass is 327 g/mol. The summed E-state index contributed by atoms with van der Waals surface area (Å²) in [6, 6.07) is 3.81. The normalized spacial score (nSPS) is 20.3. The van der Waals surface area contributed by atoms with Gasteiger partial charge < -0.3 is 9.52 Å². The quantitative estimate of drug-likeness (QED) is 0.934. The molecule has 0 radical (unpaired) electrons. The lowest BCUT2D eigenvalue weighted by Crippen LogP contribution is -2.47. The van der Waals surface area contributed by atoms with Crippen LogP contribution in [0.2, 0.25) is 0 Å². The second-order valence-electron chi connectivity index (χ2n) is 5.21. The van der Waals surface area contributed by atoms with Crippen molar-refractivity contribution < 1.29 is 27.1 Å². The number of hydrogen-bond acceptors (Lipinski definition) is 4. The number of piperidine rings is 1. The Hall–Kier alpha value is -1.93. The van der Waals surface area contributed by atoms with Crippen molar-refractivity contribution in [1.29, 1.82) is 0 Å². The maximum absolute atomic E-state index is 13.2. The number of aliphatic carboxylic acids is 1. The number of sulfonamides is 1. The van der Waals surface area contributed by atoms with Gasteiger partial charge in [-0.1, -0.05) is 0 Å². The van der Waals surface area contributed by atoms with Gasteiger partial charge in [0.1, 0.15) is 17.4 Å². The van der Waals surface area contributed by atoms with E-state index in [9.17, 15) is 22.7 Å². The third-order valence-corrected chi connectivity index (χ3v) is 5.52. The van der Waals surface area contributed by atoms with Crippen LogP contribution in [-0.2, 0) is 14.8 Å². The third-order valence-electron chi connectivity index (χ3n) is 3.76. The number of fused-ring (bicyclic) bond motifs is 1.